The van der Waals surface area contributed by atoms with E-state index in [2.05, 4.69) is 26.9 Å². The first-order chi connectivity index (χ1) is 12.7. The molecule has 2 heterocycles. The largest absolute Gasteiger partial charge is 0.370 e. The number of rotatable bonds is 4. The maximum atomic E-state index is 6.45. The van der Waals surface area contributed by atoms with E-state index >= 15 is 0 Å². The van der Waals surface area contributed by atoms with Gasteiger partial charge in [0.25, 0.3) is 0 Å². The number of benzene rings is 1. The van der Waals surface area contributed by atoms with Gasteiger partial charge in [0.2, 0.25) is 0 Å². The van der Waals surface area contributed by atoms with Crippen molar-refractivity contribution in [2.45, 2.75) is 24.7 Å². The third-order valence-electron chi connectivity index (χ3n) is 5.59. The molecular formula is C19H24ClN5S. The second-order valence-corrected chi connectivity index (χ2v) is 8.36. The van der Waals surface area contributed by atoms with Gasteiger partial charge in [-0.15, -0.1) is 11.3 Å². The molecule has 0 amide bonds. The Morgan fingerprint density at radius 3 is 2.62 bits per heavy atom. The highest BCUT2D eigenvalue weighted by molar-refractivity contribution is 7.13. The van der Waals surface area contributed by atoms with Gasteiger partial charge in [0.05, 0.1) is 6.54 Å². The molecule has 1 aliphatic carbocycles. The van der Waals surface area contributed by atoms with Crippen molar-refractivity contribution in [1.82, 2.24) is 9.88 Å². The zero-order valence-electron chi connectivity index (χ0n) is 14.8. The first-order valence-corrected chi connectivity index (χ1v) is 10.4. The standard InChI is InChI=1S/C19H24ClN5S/c20-16-5-2-1-4-15(16)19(6-3-7-19)14-23-17(21)24-9-11-25(12-10-24)18-22-8-13-26-18/h1-2,4-5,8,13H,3,6-7,9-12,14H2,(H2,21,23). The van der Waals surface area contributed by atoms with Gasteiger partial charge in [-0.1, -0.05) is 36.2 Å². The van der Waals surface area contributed by atoms with Gasteiger partial charge in [0.1, 0.15) is 0 Å². The van der Waals surface area contributed by atoms with Gasteiger partial charge in [0.15, 0.2) is 11.1 Å². The Hall–Kier alpha value is -1.79. The number of nitrogens with zero attached hydrogens (tertiary/aromatic N) is 4. The maximum absolute atomic E-state index is 6.45. The Labute approximate surface area is 163 Å². The van der Waals surface area contributed by atoms with E-state index in [1.807, 2.05) is 23.7 Å². The topological polar surface area (TPSA) is 57.8 Å². The SMILES string of the molecule is NC(=NCC1(c2ccccc2Cl)CCC1)N1CCN(c2nccs2)CC1. The van der Waals surface area contributed by atoms with Gasteiger partial charge in [-0.2, -0.15) is 0 Å². The quantitative estimate of drug-likeness (QED) is 0.643. The number of guanidine groups is 1. The van der Waals surface area contributed by atoms with Crippen molar-refractivity contribution >= 4 is 34.0 Å². The van der Waals surface area contributed by atoms with E-state index in [4.69, 9.17) is 22.3 Å². The highest BCUT2D eigenvalue weighted by Crippen LogP contribution is 2.46. The molecule has 26 heavy (non-hydrogen) atoms. The van der Waals surface area contributed by atoms with Crippen LogP contribution in [0.15, 0.2) is 40.8 Å². The van der Waals surface area contributed by atoms with Crippen molar-refractivity contribution in [3.05, 3.63) is 46.4 Å². The van der Waals surface area contributed by atoms with Crippen molar-refractivity contribution in [1.29, 1.82) is 0 Å². The molecule has 5 nitrogen and oxygen atoms in total. The molecule has 0 radical (unpaired) electrons. The summed E-state index contributed by atoms with van der Waals surface area (Å²) in [6, 6.07) is 8.16. The van der Waals surface area contributed by atoms with Gasteiger partial charge in [-0.3, -0.25) is 4.99 Å². The second kappa shape index (κ2) is 7.45. The van der Waals surface area contributed by atoms with Crippen LogP contribution in [0.4, 0.5) is 5.13 Å². The molecule has 1 saturated heterocycles. The summed E-state index contributed by atoms with van der Waals surface area (Å²) in [5.41, 5.74) is 7.61. The highest BCUT2D eigenvalue weighted by atomic mass is 35.5. The zero-order valence-corrected chi connectivity index (χ0v) is 16.3. The number of halogens is 1. The van der Waals surface area contributed by atoms with Crippen molar-refractivity contribution in [2.24, 2.45) is 10.7 Å². The first-order valence-electron chi connectivity index (χ1n) is 9.12. The normalized spacial score (nSPS) is 20.1. The average Bonchev–Trinajstić information content (AvgIpc) is 3.17. The summed E-state index contributed by atoms with van der Waals surface area (Å²) < 4.78 is 0. The molecule has 7 heteroatoms. The van der Waals surface area contributed by atoms with Crippen LogP contribution >= 0.6 is 22.9 Å². The molecule has 0 unspecified atom stereocenters. The summed E-state index contributed by atoms with van der Waals surface area (Å²) in [4.78, 5) is 13.7. The van der Waals surface area contributed by atoms with Crippen molar-refractivity contribution in [3.8, 4) is 0 Å². The number of anilines is 1. The lowest BCUT2D eigenvalue weighted by molar-refractivity contribution is 0.252. The van der Waals surface area contributed by atoms with Crippen LogP contribution in [0.25, 0.3) is 0 Å². The van der Waals surface area contributed by atoms with E-state index in [0.29, 0.717) is 5.96 Å². The predicted molar refractivity (Wildman–Crippen MR) is 109 cm³/mol. The van der Waals surface area contributed by atoms with Crippen LogP contribution in [-0.4, -0.2) is 48.6 Å². The highest BCUT2D eigenvalue weighted by Gasteiger charge is 2.40. The summed E-state index contributed by atoms with van der Waals surface area (Å²) in [7, 11) is 0. The van der Waals surface area contributed by atoms with Gasteiger partial charge in [0, 0.05) is 48.2 Å². The minimum Gasteiger partial charge on any atom is -0.370 e. The number of nitrogens with two attached hydrogens (primary N) is 1. The van der Waals surface area contributed by atoms with E-state index < -0.39 is 0 Å². The lowest BCUT2D eigenvalue weighted by Crippen LogP contribution is -2.51. The number of piperazine rings is 1. The van der Waals surface area contributed by atoms with Crippen LogP contribution in [0.3, 0.4) is 0 Å². The zero-order chi connectivity index (χ0) is 18.0. The predicted octanol–water partition coefficient (Wildman–Crippen LogP) is 3.36. The van der Waals surface area contributed by atoms with Gasteiger partial charge in [-0.05, 0) is 24.5 Å². The third-order valence-corrected chi connectivity index (χ3v) is 6.75. The fraction of sp³-hybridized carbons (Fsp3) is 0.474. The molecule has 1 aromatic heterocycles. The number of aromatic nitrogens is 1. The molecule has 0 spiro atoms. The Balaban J connectivity index is 1.40. The Morgan fingerprint density at radius 1 is 1.23 bits per heavy atom. The summed E-state index contributed by atoms with van der Waals surface area (Å²) >= 11 is 8.13. The minimum atomic E-state index is 0.0612. The van der Waals surface area contributed by atoms with Crippen molar-refractivity contribution in [3.63, 3.8) is 0 Å². The minimum absolute atomic E-state index is 0.0612. The summed E-state index contributed by atoms with van der Waals surface area (Å²) in [6.45, 7) is 4.34. The van der Waals surface area contributed by atoms with E-state index in [1.165, 1.54) is 12.0 Å². The smallest absolute Gasteiger partial charge is 0.191 e. The van der Waals surface area contributed by atoms with Gasteiger partial charge in [-0.25, -0.2) is 4.98 Å². The fourth-order valence-corrected chi connectivity index (χ4v) is 4.87. The van der Waals surface area contributed by atoms with Crippen LogP contribution in [0.2, 0.25) is 5.02 Å². The maximum Gasteiger partial charge on any atom is 0.191 e. The first kappa shape index (κ1) is 17.6. The lowest BCUT2D eigenvalue weighted by Gasteiger charge is -2.42. The van der Waals surface area contributed by atoms with Crippen molar-refractivity contribution in [2.75, 3.05) is 37.6 Å². The summed E-state index contributed by atoms with van der Waals surface area (Å²) in [5, 5.41) is 3.95. The Morgan fingerprint density at radius 2 is 2.00 bits per heavy atom. The molecule has 2 aromatic rings. The van der Waals surface area contributed by atoms with E-state index in [9.17, 15) is 0 Å². The third kappa shape index (κ3) is 3.40. The van der Waals surface area contributed by atoms with Crippen LogP contribution in [0.5, 0.6) is 0 Å². The molecule has 1 saturated carbocycles. The summed E-state index contributed by atoms with van der Waals surface area (Å²) in [6.07, 6.45) is 5.35. The molecule has 1 aliphatic heterocycles. The molecule has 138 valence electrons. The molecule has 2 aliphatic rings. The van der Waals surface area contributed by atoms with Gasteiger partial charge < -0.3 is 15.5 Å². The number of hydrogen-bond acceptors (Lipinski definition) is 4. The van der Waals surface area contributed by atoms with Crippen molar-refractivity contribution < 1.29 is 0 Å². The average molecular weight is 390 g/mol. The molecule has 2 fully saturated rings. The van der Waals surface area contributed by atoms with Gasteiger partial charge >= 0.3 is 0 Å². The van der Waals surface area contributed by atoms with E-state index in [0.717, 1.165) is 55.7 Å². The monoisotopic (exact) mass is 389 g/mol. The number of aliphatic imine (C=N–C) groups is 1. The van der Waals surface area contributed by atoms with E-state index in [1.54, 1.807) is 11.3 Å². The Bertz CT molecular complexity index is 764. The lowest BCUT2D eigenvalue weighted by atomic mass is 9.64. The van der Waals surface area contributed by atoms with Crippen LogP contribution < -0.4 is 10.6 Å². The van der Waals surface area contributed by atoms with Crippen LogP contribution in [0, 0.1) is 0 Å². The second-order valence-electron chi connectivity index (χ2n) is 7.08. The molecule has 0 atom stereocenters. The molecule has 1 aromatic carbocycles. The number of thiazole rings is 1. The fourth-order valence-electron chi connectivity index (χ4n) is 3.84. The van der Waals surface area contributed by atoms with E-state index in [-0.39, 0.29) is 5.41 Å². The molecule has 4 rings (SSSR count). The van der Waals surface area contributed by atoms with Crippen LogP contribution in [0.1, 0.15) is 24.8 Å². The molecule has 2 N–H and O–H groups in total. The molecular weight excluding hydrogens is 366 g/mol. The Kier molecular flexibility index (Phi) is 5.05. The molecule has 0 bridgehead atoms. The summed E-state index contributed by atoms with van der Waals surface area (Å²) in [5.74, 6) is 0.655. The number of hydrogen-bond donors (Lipinski definition) is 1. The van der Waals surface area contributed by atoms with Crippen LogP contribution in [-0.2, 0) is 5.41 Å².